The maximum absolute atomic E-state index is 13.5. The lowest BCUT2D eigenvalue weighted by atomic mass is 9.96. The largest absolute Gasteiger partial charge is 0.351 e. The fraction of sp³-hybridized carbons (Fsp3) is 0.533. The molecule has 0 aliphatic rings. The van der Waals surface area contributed by atoms with Gasteiger partial charge in [-0.25, -0.2) is 4.39 Å². The van der Waals surface area contributed by atoms with Crippen LogP contribution in [0, 0.1) is 18.7 Å². The van der Waals surface area contributed by atoms with E-state index in [0.29, 0.717) is 12.0 Å². The number of rotatable bonds is 4. The molecule has 0 saturated carbocycles. The van der Waals surface area contributed by atoms with E-state index in [2.05, 4.69) is 5.32 Å². The highest BCUT2D eigenvalue weighted by Gasteiger charge is 2.22. The summed E-state index contributed by atoms with van der Waals surface area (Å²) in [6, 6.07) is 5.04. The lowest BCUT2D eigenvalue weighted by Crippen LogP contribution is -2.46. The molecule has 3 nitrogen and oxygen atoms in total. The zero-order chi connectivity index (χ0) is 14.6. The van der Waals surface area contributed by atoms with Crippen molar-refractivity contribution >= 4 is 5.91 Å². The molecule has 0 heterocycles. The van der Waals surface area contributed by atoms with Gasteiger partial charge in [0, 0.05) is 12.1 Å². The van der Waals surface area contributed by atoms with E-state index in [9.17, 15) is 9.18 Å². The molecule has 0 radical (unpaired) electrons. The summed E-state index contributed by atoms with van der Waals surface area (Å²) >= 11 is 0. The third kappa shape index (κ3) is 4.99. The average Bonchev–Trinajstić information content (AvgIpc) is 2.28. The maximum Gasteiger partial charge on any atom is 0.225 e. The Labute approximate surface area is 114 Å². The maximum atomic E-state index is 13.5. The highest BCUT2D eigenvalue weighted by atomic mass is 19.1. The summed E-state index contributed by atoms with van der Waals surface area (Å²) in [5, 5.41) is 2.90. The molecule has 1 aromatic carbocycles. The molecule has 3 N–H and O–H groups in total. The summed E-state index contributed by atoms with van der Waals surface area (Å²) in [6.07, 6.45) is 0.454. The Hall–Kier alpha value is -1.42. The first kappa shape index (κ1) is 15.6. The van der Waals surface area contributed by atoms with Gasteiger partial charge < -0.3 is 11.1 Å². The van der Waals surface area contributed by atoms with Crippen molar-refractivity contribution in [2.24, 2.45) is 11.7 Å². The molecule has 0 bridgehead atoms. The molecule has 19 heavy (non-hydrogen) atoms. The minimum atomic E-state index is -0.332. The molecule has 0 aliphatic heterocycles. The first-order chi connectivity index (χ1) is 8.73. The molecule has 1 rings (SSSR count). The summed E-state index contributed by atoms with van der Waals surface area (Å²) in [5.41, 5.74) is 6.76. The quantitative estimate of drug-likeness (QED) is 0.877. The van der Waals surface area contributed by atoms with Crippen LogP contribution in [-0.4, -0.2) is 18.0 Å². The summed E-state index contributed by atoms with van der Waals surface area (Å²) in [4.78, 5) is 12.1. The van der Waals surface area contributed by atoms with Gasteiger partial charge in [0.05, 0.1) is 5.92 Å². The molecule has 0 fully saturated rings. The van der Waals surface area contributed by atoms with Crippen LogP contribution in [0.3, 0.4) is 0 Å². The first-order valence-electron chi connectivity index (χ1n) is 6.50. The van der Waals surface area contributed by atoms with Gasteiger partial charge in [-0.1, -0.05) is 12.1 Å². The highest BCUT2D eigenvalue weighted by Crippen LogP contribution is 2.14. The Bertz CT molecular complexity index is 452. The first-order valence-corrected chi connectivity index (χ1v) is 6.50. The van der Waals surface area contributed by atoms with E-state index in [1.807, 2.05) is 26.8 Å². The van der Waals surface area contributed by atoms with Gasteiger partial charge in [0.15, 0.2) is 0 Å². The standard InChI is InChI=1S/C15H23FN2O/c1-10-5-6-11(8-13(10)16)7-12(9-17)14(19)18-15(2,3)4/h5-6,8,12H,7,9,17H2,1-4H3,(H,18,19). The van der Waals surface area contributed by atoms with Crippen molar-refractivity contribution in [2.75, 3.05) is 6.54 Å². The number of carbonyl (C=O) groups excluding carboxylic acids is 1. The number of hydrogen-bond acceptors (Lipinski definition) is 2. The topological polar surface area (TPSA) is 55.1 Å². The minimum Gasteiger partial charge on any atom is -0.351 e. The lowest BCUT2D eigenvalue weighted by Gasteiger charge is -2.24. The van der Waals surface area contributed by atoms with Crippen LogP contribution in [0.2, 0.25) is 0 Å². The zero-order valence-electron chi connectivity index (χ0n) is 12.1. The second-order valence-electron chi connectivity index (χ2n) is 5.96. The van der Waals surface area contributed by atoms with Crippen LogP contribution in [0.4, 0.5) is 4.39 Å². The van der Waals surface area contributed by atoms with Crippen molar-refractivity contribution in [3.63, 3.8) is 0 Å². The summed E-state index contributed by atoms with van der Waals surface area (Å²) in [6.45, 7) is 7.72. The highest BCUT2D eigenvalue weighted by molar-refractivity contribution is 5.79. The summed E-state index contributed by atoms with van der Waals surface area (Å²) in [5.74, 6) is -0.665. The van der Waals surface area contributed by atoms with E-state index < -0.39 is 0 Å². The van der Waals surface area contributed by atoms with Crippen LogP contribution in [-0.2, 0) is 11.2 Å². The number of nitrogens with two attached hydrogens (primary N) is 1. The average molecular weight is 266 g/mol. The zero-order valence-corrected chi connectivity index (χ0v) is 12.1. The monoisotopic (exact) mass is 266 g/mol. The predicted octanol–water partition coefficient (Wildman–Crippen LogP) is 2.17. The Balaban J connectivity index is 2.76. The van der Waals surface area contributed by atoms with Crippen molar-refractivity contribution in [1.82, 2.24) is 5.32 Å². The van der Waals surface area contributed by atoms with Crippen LogP contribution >= 0.6 is 0 Å². The van der Waals surface area contributed by atoms with Crippen molar-refractivity contribution in [3.8, 4) is 0 Å². The fourth-order valence-electron chi connectivity index (χ4n) is 1.80. The number of benzene rings is 1. The van der Waals surface area contributed by atoms with Crippen LogP contribution in [0.5, 0.6) is 0 Å². The Kier molecular flexibility index (Phi) is 5.06. The van der Waals surface area contributed by atoms with Gasteiger partial charge in [-0.15, -0.1) is 0 Å². The van der Waals surface area contributed by atoms with Gasteiger partial charge in [-0.3, -0.25) is 4.79 Å². The second kappa shape index (κ2) is 6.15. The molecule has 0 aliphatic carbocycles. The molecule has 1 atom stereocenters. The third-order valence-corrected chi connectivity index (χ3v) is 2.87. The Morgan fingerprint density at radius 3 is 2.53 bits per heavy atom. The lowest BCUT2D eigenvalue weighted by molar-refractivity contribution is -0.126. The van der Waals surface area contributed by atoms with Gasteiger partial charge in [-0.05, 0) is 51.3 Å². The van der Waals surface area contributed by atoms with Gasteiger partial charge in [0.2, 0.25) is 5.91 Å². The molecular weight excluding hydrogens is 243 g/mol. The Morgan fingerprint density at radius 1 is 1.42 bits per heavy atom. The van der Waals surface area contributed by atoms with Gasteiger partial charge in [0.25, 0.3) is 0 Å². The summed E-state index contributed by atoms with van der Waals surface area (Å²) < 4.78 is 13.5. The van der Waals surface area contributed by atoms with E-state index in [0.717, 1.165) is 5.56 Å². The molecule has 1 unspecified atom stereocenters. The number of halogens is 1. The van der Waals surface area contributed by atoms with Crippen molar-refractivity contribution in [3.05, 3.63) is 35.1 Å². The number of aryl methyl sites for hydroxylation is 1. The predicted molar refractivity (Wildman–Crippen MR) is 75.3 cm³/mol. The summed E-state index contributed by atoms with van der Waals surface area (Å²) in [7, 11) is 0. The molecular formula is C15H23FN2O. The molecule has 1 aromatic rings. The normalized spacial score (nSPS) is 13.2. The van der Waals surface area contributed by atoms with Crippen LogP contribution < -0.4 is 11.1 Å². The van der Waals surface area contributed by atoms with Crippen molar-refractivity contribution in [2.45, 2.75) is 39.7 Å². The van der Waals surface area contributed by atoms with Gasteiger partial charge in [0.1, 0.15) is 5.82 Å². The van der Waals surface area contributed by atoms with E-state index >= 15 is 0 Å². The number of carbonyl (C=O) groups is 1. The molecule has 0 aromatic heterocycles. The van der Waals surface area contributed by atoms with Gasteiger partial charge >= 0.3 is 0 Å². The van der Waals surface area contributed by atoms with Crippen molar-refractivity contribution in [1.29, 1.82) is 0 Å². The SMILES string of the molecule is Cc1ccc(CC(CN)C(=O)NC(C)(C)C)cc1F. The molecule has 106 valence electrons. The van der Waals surface area contributed by atoms with Crippen LogP contribution in [0.1, 0.15) is 31.9 Å². The van der Waals surface area contributed by atoms with E-state index in [1.165, 1.54) is 6.07 Å². The fourth-order valence-corrected chi connectivity index (χ4v) is 1.80. The van der Waals surface area contributed by atoms with Crippen molar-refractivity contribution < 1.29 is 9.18 Å². The van der Waals surface area contributed by atoms with Crippen LogP contribution in [0.25, 0.3) is 0 Å². The number of nitrogens with one attached hydrogen (secondary N) is 1. The molecule has 0 saturated heterocycles. The molecule has 4 heteroatoms. The van der Waals surface area contributed by atoms with Gasteiger partial charge in [-0.2, -0.15) is 0 Å². The number of amides is 1. The Morgan fingerprint density at radius 2 is 2.05 bits per heavy atom. The number of hydrogen-bond donors (Lipinski definition) is 2. The van der Waals surface area contributed by atoms with E-state index in [1.54, 1.807) is 13.0 Å². The molecule has 0 spiro atoms. The second-order valence-corrected chi connectivity index (χ2v) is 5.96. The third-order valence-electron chi connectivity index (χ3n) is 2.87. The van der Waals surface area contributed by atoms with E-state index in [-0.39, 0.29) is 29.7 Å². The minimum absolute atomic E-state index is 0.0871. The van der Waals surface area contributed by atoms with E-state index in [4.69, 9.17) is 5.73 Å². The van der Waals surface area contributed by atoms with Crippen LogP contribution in [0.15, 0.2) is 18.2 Å². The smallest absolute Gasteiger partial charge is 0.225 e. The molecule has 1 amide bonds.